The molecule has 0 amide bonds. The quantitative estimate of drug-likeness (QED) is 0.396. The summed E-state index contributed by atoms with van der Waals surface area (Å²) in [5.74, 6) is -0.634. The van der Waals surface area contributed by atoms with E-state index in [1.54, 1.807) is 18.3 Å². The average molecular weight is 353 g/mol. The number of benzene rings is 1. The molecule has 2 heterocycles. The third-order valence-electron chi connectivity index (χ3n) is 3.76. The summed E-state index contributed by atoms with van der Waals surface area (Å²) in [5.41, 5.74) is 1.54. The van der Waals surface area contributed by atoms with Gasteiger partial charge in [0.2, 0.25) is 0 Å². The predicted octanol–water partition coefficient (Wildman–Crippen LogP) is 2.20. The average Bonchev–Trinajstić information content (AvgIpc) is 2.61. The molecule has 0 atom stereocenters. The molecule has 1 aromatic carbocycles. The number of rotatable bonds is 5. The lowest BCUT2D eigenvalue weighted by molar-refractivity contribution is -0.385. The fourth-order valence-electron chi connectivity index (χ4n) is 2.53. The van der Waals surface area contributed by atoms with E-state index in [1.165, 1.54) is 28.7 Å². The number of aryl methyl sites for hydroxylation is 1. The number of hydrogen-bond donors (Lipinski definition) is 0. The molecule has 0 spiro atoms. The van der Waals surface area contributed by atoms with Crippen molar-refractivity contribution in [3.63, 3.8) is 0 Å². The Bertz CT molecular complexity index is 1060. The largest absolute Gasteiger partial charge is 0.459 e. The highest BCUT2D eigenvalue weighted by Gasteiger charge is 2.16. The first-order valence-electron chi connectivity index (χ1n) is 7.81. The summed E-state index contributed by atoms with van der Waals surface area (Å²) in [5, 5.41) is 11.0. The van der Waals surface area contributed by atoms with Gasteiger partial charge in [-0.3, -0.25) is 24.1 Å². The highest BCUT2D eigenvalue weighted by Crippen LogP contribution is 2.18. The summed E-state index contributed by atoms with van der Waals surface area (Å²) in [6.07, 6.45) is 1.44. The fraction of sp³-hybridized carbons (Fsp3) is 0.167. The van der Waals surface area contributed by atoms with Gasteiger partial charge in [0.05, 0.1) is 17.0 Å². The monoisotopic (exact) mass is 353 g/mol. The highest BCUT2D eigenvalue weighted by atomic mass is 16.6. The molecule has 3 rings (SSSR count). The summed E-state index contributed by atoms with van der Waals surface area (Å²) < 4.78 is 6.53. The van der Waals surface area contributed by atoms with Crippen LogP contribution in [0.25, 0.3) is 5.65 Å². The Morgan fingerprint density at radius 3 is 2.81 bits per heavy atom. The minimum Gasteiger partial charge on any atom is -0.459 e. The number of aromatic nitrogens is 2. The van der Waals surface area contributed by atoms with Gasteiger partial charge in [-0.2, -0.15) is 0 Å². The predicted molar refractivity (Wildman–Crippen MR) is 92.8 cm³/mol. The van der Waals surface area contributed by atoms with Crippen LogP contribution < -0.4 is 5.56 Å². The minimum atomic E-state index is -0.634. The maximum absolute atomic E-state index is 12.1. The lowest BCUT2D eigenvalue weighted by Crippen LogP contribution is -2.17. The normalized spacial score (nSPS) is 10.7. The molecule has 26 heavy (non-hydrogen) atoms. The third-order valence-corrected chi connectivity index (χ3v) is 3.76. The van der Waals surface area contributed by atoms with E-state index in [-0.39, 0.29) is 29.8 Å². The second-order valence-electron chi connectivity index (χ2n) is 5.74. The standard InChI is InChI=1S/C18H15N3O5/c1-12-6-7-16-19-14(9-17(22)20(16)10-12)11-26-18(23)8-13-4-2-3-5-15(13)21(24)25/h2-7,9-10H,8,11H2,1H3. The minimum absolute atomic E-state index is 0.137. The van der Waals surface area contributed by atoms with E-state index in [4.69, 9.17) is 4.74 Å². The number of para-hydroxylation sites is 1. The number of carbonyl (C=O) groups excluding carboxylic acids is 1. The van der Waals surface area contributed by atoms with Crippen molar-refractivity contribution < 1.29 is 14.5 Å². The van der Waals surface area contributed by atoms with E-state index < -0.39 is 10.9 Å². The molecule has 0 unspecified atom stereocenters. The Labute approximate surface area is 147 Å². The summed E-state index contributed by atoms with van der Waals surface area (Å²) in [6.45, 7) is 1.68. The van der Waals surface area contributed by atoms with Crippen molar-refractivity contribution in [2.24, 2.45) is 0 Å². The summed E-state index contributed by atoms with van der Waals surface area (Å²) in [6, 6.07) is 10.8. The van der Waals surface area contributed by atoms with Crippen LogP contribution in [-0.2, 0) is 22.6 Å². The van der Waals surface area contributed by atoms with Gasteiger partial charge in [0.15, 0.2) is 0 Å². The number of nitro benzene ring substituents is 1. The van der Waals surface area contributed by atoms with Crippen LogP contribution in [0.4, 0.5) is 5.69 Å². The van der Waals surface area contributed by atoms with Crippen LogP contribution in [0.3, 0.4) is 0 Å². The molecule has 0 aliphatic carbocycles. The van der Waals surface area contributed by atoms with Crippen molar-refractivity contribution in [3.05, 3.63) is 86.0 Å². The first kappa shape index (κ1) is 17.3. The second-order valence-corrected chi connectivity index (χ2v) is 5.74. The molecule has 8 nitrogen and oxygen atoms in total. The lowest BCUT2D eigenvalue weighted by Gasteiger charge is -2.07. The number of nitrogens with zero attached hydrogens (tertiary/aromatic N) is 3. The van der Waals surface area contributed by atoms with Crippen molar-refractivity contribution in [1.82, 2.24) is 9.38 Å². The van der Waals surface area contributed by atoms with Crippen molar-refractivity contribution in [1.29, 1.82) is 0 Å². The molecular formula is C18H15N3O5. The Morgan fingerprint density at radius 2 is 2.04 bits per heavy atom. The Balaban J connectivity index is 1.72. The summed E-state index contributed by atoms with van der Waals surface area (Å²) in [4.78, 5) is 38.8. The number of carbonyl (C=O) groups is 1. The van der Waals surface area contributed by atoms with E-state index in [0.29, 0.717) is 11.3 Å². The van der Waals surface area contributed by atoms with Gasteiger partial charge < -0.3 is 4.74 Å². The van der Waals surface area contributed by atoms with Crippen molar-refractivity contribution in [2.45, 2.75) is 20.0 Å². The highest BCUT2D eigenvalue weighted by molar-refractivity contribution is 5.74. The van der Waals surface area contributed by atoms with Crippen LogP contribution in [0.15, 0.2) is 53.5 Å². The van der Waals surface area contributed by atoms with E-state index >= 15 is 0 Å². The number of fused-ring (bicyclic) bond motifs is 1. The molecule has 0 bridgehead atoms. The number of esters is 1. The smallest absolute Gasteiger partial charge is 0.310 e. The number of hydrogen-bond acceptors (Lipinski definition) is 6. The van der Waals surface area contributed by atoms with Gasteiger partial charge in [0.25, 0.3) is 11.2 Å². The van der Waals surface area contributed by atoms with Gasteiger partial charge in [0.1, 0.15) is 12.3 Å². The summed E-state index contributed by atoms with van der Waals surface area (Å²) >= 11 is 0. The maximum Gasteiger partial charge on any atom is 0.310 e. The molecule has 0 saturated heterocycles. The van der Waals surface area contributed by atoms with Crippen LogP contribution in [0, 0.1) is 17.0 Å². The van der Waals surface area contributed by atoms with Crippen LogP contribution in [0.2, 0.25) is 0 Å². The fourth-order valence-corrected chi connectivity index (χ4v) is 2.53. The topological polar surface area (TPSA) is 104 Å². The Hall–Kier alpha value is -3.55. The van der Waals surface area contributed by atoms with Gasteiger partial charge >= 0.3 is 5.97 Å². The van der Waals surface area contributed by atoms with Crippen LogP contribution in [0.1, 0.15) is 16.8 Å². The van der Waals surface area contributed by atoms with E-state index in [9.17, 15) is 19.7 Å². The first-order chi connectivity index (χ1) is 12.4. The zero-order valence-electron chi connectivity index (χ0n) is 13.9. The number of nitro groups is 1. The number of pyridine rings is 1. The molecule has 0 aliphatic rings. The number of ether oxygens (including phenoxy) is 1. The molecule has 132 valence electrons. The molecule has 8 heteroatoms. The molecule has 0 saturated carbocycles. The molecule has 0 radical (unpaired) electrons. The van der Waals surface area contributed by atoms with Gasteiger partial charge in [-0.05, 0) is 18.6 Å². The van der Waals surface area contributed by atoms with Gasteiger partial charge in [-0.15, -0.1) is 0 Å². The first-order valence-corrected chi connectivity index (χ1v) is 7.81. The molecule has 3 aromatic rings. The zero-order valence-corrected chi connectivity index (χ0v) is 13.9. The Kier molecular flexibility index (Phi) is 4.74. The van der Waals surface area contributed by atoms with Crippen LogP contribution >= 0.6 is 0 Å². The Morgan fingerprint density at radius 1 is 1.27 bits per heavy atom. The van der Waals surface area contributed by atoms with Crippen LogP contribution in [0.5, 0.6) is 0 Å². The third kappa shape index (κ3) is 3.75. The van der Waals surface area contributed by atoms with Crippen molar-refractivity contribution >= 4 is 17.3 Å². The SMILES string of the molecule is Cc1ccc2nc(COC(=O)Cc3ccccc3[N+](=O)[O-])cc(=O)n2c1. The van der Waals surface area contributed by atoms with Crippen LogP contribution in [-0.4, -0.2) is 20.3 Å². The molecule has 2 aromatic heterocycles. The molecule has 0 aliphatic heterocycles. The second kappa shape index (κ2) is 7.14. The van der Waals surface area contributed by atoms with E-state index in [0.717, 1.165) is 5.56 Å². The molecule has 0 N–H and O–H groups in total. The van der Waals surface area contributed by atoms with Crippen molar-refractivity contribution in [2.75, 3.05) is 0 Å². The molecule has 0 fully saturated rings. The van der Waals surface area contributed by atoms with Gasteiger partial charge in [-0.1, -0.05) is 24.3 Å². The van der Waals surface area contributed by atoms with Crippen molar-refractivity contribution in [3.8, 4) is 0 Å². The lowest BCUT2D eigenvalue weighted by atomic mass is 10.1. The zero-order chi connectivity index (χ0) is 18.7. The van der Waals surface area contributed by atoms with E-state index in [1.807, 2.05) is 13.0 Å². The van der Waals surface area contributed by atoms with Gasteiger partial charge in [0, 0.05) is 23.9 Å². The summed E-state index contributed by atoms with van der Waals surface area (Å²) in [7, 11) is 0. The van der Waals surface area contributed by atoms with Gasteiger partial charge in [-0.25, -0.2) is 4.98 Å². The maximum atomic E-state index is 12.1. The molecular weight excluding hydrogens is 338 g/mol. The van der Waals surface area contributed by atoms with E-state index in [2.05, 4.69) is 4.98 Å².